The number of benzene rings is 2. The lowest BCUT2D eigenvalue weighted by Crippen LogP contribution is -2.52. The molecule has 2 aromatic rings. The molecule has 1 amide bonds. The predicted molar refractivity (Wildman–Crippen MR) is 126 cm³/mol. The van der Waals surface area contributed by atoms with Crippen LogP contribution < -0.4 is 5.32 Å². The lowest BCUT2D eigenvalue weighted by atomic mass is 9.70. The minimum absolute atomic E-state index is 0.00667. The number of hydrogen-bond donors (Lipinski definition) is 2. The second-order valence-electron chi connectivity index (χ2n) is 9.41. The van der Waals surface area contributed by atoms with E-state index >= 15 is 0 Å². The molecule has 0 aromatic heterocycles. The van der Waals surface area contributed by atoms with Crippen molar-refractivity contribution in [2.24, 2.45) is 5.92 Å². The fourth-order valence-electron chi connectivity index (χ4n) is 5.84. The average molecular weight is 443 g/mol. The van der Waals surface area contributed by atoms with E-state index in [4.69, 9.17) is 10.1 Å². The third kappa shape index (κ3) is 3.81. The van der Waals surface area contributed by atoms with E-state index in [1.807, 2.05) is 36.4 Å². The quantitative estimate of drug-likeness (QED) is 0.727. The maximum absolute atomic E-state index is 14.2. The maximum Gasteiger partial charge on any atom is 0.260 e. The van der Waals surface area contributed by atoms with Crippen molar-refractivity contribution in [2.45, 2.75) is 56.5 Å². The minimum atomic E-state index is -0.918. The molecule has 3 aliphatic rings. The molecule has 170 valence electrons. The van der Waals surface area contributed by atoms with Crippen LogP contribution in [-0.2, 0) is 15.1 Å². The highest BCUT2D eigenvalue weighted by atomic mass is 16.5. The summed E-state index contributed by atoms with van der Waals surface area (Å²) < 4.78 is 5.51. The third-order valence-corrected chi connectivity index (χ3v) is 7.53. The van der Waals surface area contributed by atoms with E-state index in [1.54, 1.807) is 11.0 Å². The number of amides is 1. The van der Waals surface area contributed by atoms with Crippen molar-refractivity contribution in [1.29, 1.82) is 10.7 Å². The largest absolute Gasteiger partial charge is 0.381 e. The van der Waals surface area contributed by atoms with Crippen LogP contribution in [-0.4, -0.2) is 36.0 Å². The van der Waals surface area contributed by atoms with Gasteiger partial charge in [-0.05, 0) is 66.5 Å². The molecule has 2 N–H and O–H groups in total. The van der Waals surface area contributed by atoms with Crippen molar-refractivity contribution in [3.8, 4) is 17.2 Å². The van der Waals surface area contributed by atoms with E-state index in [0.717, 1.165) is 55.2 Å². The molecule has 5 rings (SSSR count). The van der Waals surface area contributed by atoms with Crippen LogP contribution >= 0.6 is 0 Å². The van der Waals surface area contributed by atoms with Gasteiger partial charge in [0.2, 0.25) is 0 Å². The van der Waals surface area contributed by atoms with Gasteiger partial charge in [-0.2, -0.15) is 5.26 Å². The fraction of sp³-hybridized carbons (Fsp3) is 0.444. The van der Waals surface area contributed by atoms with Crippen molar-refractivity contribution in [3.63, 3.8) is 0 Å². The monoisotopic (exact) mass is 442 g/mol. The van der Waals surface area contributed by atoms with Crippen LogP contribution in [0.15, 0.2) is 48.5 Å². The van der Waals surface area contributed by atoms with Gasteiger partial charge in [-0.3, -0.25) is 15.1 Å². The maximum atomic E-state index is 14.2. The fourth-order valence-corrected chi connectivity index (χ4v) is 5.84. The normalized spacial score (nSPS) is 24.5. The molecule has 2 saturated heterocycles. The van der Waals surface area contributed by atoms with Crippen LogP contribution in [0.1, 0.15) is 56.1 Å². The first-order chi connectivity index (χ1) is 16.1. The third-order valence-electron chi connectivity index (χ3n) is 7.53. The van der Waals surface area contributed by atoms with Crippen LogP contribution in [0.4, 0.5) is 0 Å². The van der Waals surface area contributed by atoms with Gasteiger partial charge in [0.25, 0.3) is 5.91 Å². The Hall–Kier alpha value is -3.17. The summed E-state index contributed by atoms with van der Waals surface area (Å²) in [5.74, 6) is 0.369. The Bertz CT molecular complexity index is 1100. The molecule has 0 radical (unpaired) electrons. The second kappa shape index (κ2) is 8.99. The Balaban J connectivity index is 1.58. The number of carbonyl (C=O) groups excluding carboxylic acids is 1. The molecule has 1 atom stereocenters. The first kappa shape index (κ1) is 21.7. The molecule has 1 unspecified atom stereocenters. The molecule has 33 heavy (non-hydrogen) atoms. The Morgan fingerprint density at radius 1 is 1.00 bits per heavy atom. The number of carbonyl (C=O) groups is 1. The number of nitriles is 1. The number of nitrogens with zero attached hydrogens (tertiary/aromatic N) is 2. The molecule has 0 bridgehead atoms. The number of ether oxygens (including phenoxy) is 1. The van der Waals surface area contributed by atoms with Crippen LogP contribution in [0.3, 0.4) is 0 Å². The standard InChI is InChI=1S/C27H30N4O2/c28-18-19-6-4-7-20(16-19)21-8-5-11-23(17-21)27(22-9-2-1-3-10-22)25(32)31(26(29)30-27)24-12-14-33-15-13-24/h4-8,11,16-17,22,24H,1-3,9-10,12-15H2,(H2,29,30). The highest BCUT2D eigenvalue weighted by molar-refractivity contribution is 6.09. The molecule has 2 aromatic carbocycles. The van der Waals surface area contributed by atoms with Crippen LogP contribution in [0, 0.1) is 22.7 Å². The van der Waals surface area contributed by atoms with Crippen LogP contribution in [0.5, 0.6) is 0 Å². The lowest BCUT2D eigenvalue weighted by molar-refractivity contribution is -0.136. The van der Waals surface area contributed by atoms with Gasteiger partial charge in [0.15, 0.2) is 5.96 Å². The first-order valence-electron chi connectivity index (χ1n) is 12.0. The molecular formula is C27H30N4O2. The summed E-state index contributed by atoms with van der Waals surface area (Å²) in [7, 11) is 0. The van der Waals surface area contributed by atoms with Crippen LogP contribution in [0.25, 0.3) is 11.1 Å². The molecule has 1 saturated carbocycles. The highest BCUT2D eigenvalue weighted by Gasteiger charge is 2.56. The Morgan fingerprint density at radius 3 is 2.42 bits per heavy atom. The zero-order valence-corrected chi connectivity index (χ0v) is 18.8. The molecular weight excluding hydrogens is 412 g/mol. The molecule has 3 fully saturated rings. The second-order valence-corrected chi connectivity index (χ2v) is 9.41. The van der Waals surface area contributed by atoms with Crippen molar-refractivity contribution in [3.05, 3.63) is 59.7 Å². The number of hydrogen-bond acceptors (Lipinski definition) is 4. The van der Waals surface area contributed by atoms with E-state index in [-0.39, 0.29) is 23.8 Å². The van der Waals surface area contributed by atoms with Crippen molar-refractivity contribution >= 4 is 11.9 Å². The lowest BCUT2D eigenvalue weighted by Gasteiger charge is -2.39. The zero-order valence-electron chi connectivity index (χ0n) is 18.8. The van der Waals surface area contributed by atoms with Crippen molar-refractivity contribution in [1.82, 2.24) is 10.2 Å². The summed E-state index contributed by atoms with van der Waals surface area (Å²) in [4.78, 5) is 15.9. The Morgan fingerprint density at radius 2 is 1.70 bits per heavy atom. The van der Waals surface area contributed by atoms with Gasteiger partial charge < -0.3 is 10.1 Å². The summed E-state index contributed by atoms with van der Waals surface area (Å²) in [5, 5.41) is 21.5. The topological polar surface area (TPSA) is 89.2 Å². The summed E-state index contributed by atoms with van der Waals surface area (Å²) in [6, 6.07) is 17.9. The summed E-state index contributed by atoms with van der Waals surface area (Å²) in [5.41, 5.74) is 2.54. The van der Waals surface area contributed by atoms with E-state index in [0.29, 0.717) is 18.8 Å². The molecule has 6 heteroatoms. The van der Waals surface area contributed by atoms with E-state index < -0.39 is 5.54 Å². The van der Waals surface area contributed by atoms with Gasteiger partial charge in [-0.1, -0.05) is 49.6 Å². The Labute approximate surface area is 195 Å². The number of rotatable bonds is 4. The zero-order chi connectivity index (χ0) is 22.8. The molecule has 2 aliphatic heterocycles. The molecule has 1 aliphatic carbocycles. The Kier molecular flexibility index (Phi) is 5.90. The molecule has 2 heterocycles. The van der Waals surface area contributed by atoms with Gasteiger partial charge in [0, 0.05) is 19.3 Å². The van der Waals surface area contributed by atoms with Gasteiger partial charge in [0.1, 0.15) is 5.54 Å². The molecule has 0 spiro atoms. The average Bonchev–Trinajstić information content (AvgIpc) is 3.16. The summed E-state index contributed by atoms with van der Waals surface area (Å²) in [6.07, 6.45) is 6.88. The van der Waals surface area contributed by atoms with Gasteiger partial charge in [-0.15, -0.1) is 0 Å². The van der Waals surface area contributed by atoms with Gasteiger partial charge in [0.05, 0.1) is 11.6 Å². The van der Waals surface area contributed by atoms with E-state index in [9.17, 15) is 10.1 Å². The number of nitrogens with one attached hydrogen (secondary N) is 2. The summed E-state index contributed by atoms with van der Waals surface area (Å²) >= 11 is 0. The summed E-state index contributed by atoms with van der Waals surface area (Å²) in [6.45, 7) is 1.26. The van der Waals surface area contributed by atoms with Gasteiger partial charge in [-0.25, -0.2) is 0 Å². The van der Waals surface area contributed by atoms with Crippen molar-refractivity contribution < 1.29 is 9.53 Å². The van der Waals surface area contributed by atoms with Crippen LogP contribution in [0.2, 0.25) is 0 Å². The molecule has 6 nitrogen and oxygen atoms in total. The smallest absolute Gasteiger partial charge is 0.260 e. The van der Waals surface area contributed by atoms with E-state index in [2.05, 4.69) is 17.5 Å². The highest BCUT2D eigenvalue weighted by Crippen LogP contribution is 2.45. The van der Waals surface area contributed by atoms with Gasteiger partial charge >= 0.3 is 0 Å². The predicted octanol–water partition coefficient (Wildman–Crippen LogP) is 4.55. The SMILES string of the molecule is N#Cc1cccc(-c2cccc(C3(C4CCCCC4)NC(=N)N(C4CCOCC4)C3=O)c2)c1. The van der Waals surface area contributed by atoms with E-state index in [1.165, 1.54) is 6.42 Å². The first-order valence-corrected chi connectivity index (χ1v) is 12.0. The minimum Gasteiger partial charge on any atom is -0.381 e. The number of guanidine groups is 1. The van der Waals surface area contributed by atoms with Crippen molar-refractivity contribution in [2.75, 3.05) is 13.2 Å².